The Kier molecular flexibility index (Phi) is 12.2. The van der Waals surface area contributed by atoms with Crippen molar-refractivity contribution in [2.75, 3.05) is 31.1 Å². The van der Waals surface area contributed by atoms with Crippen LogP contribution in [0.15, 0.2) is 105 Å². The molecule has 2 aromatic rings. The highest BCUT2D eigenvalue weighted by atomic mass is 35.5. The van der Waals surface area contributed by atoms with Crippen LogP contribution >= 0.6 is 36.0 Å². The standard InChI is InChI=1S/C36H40ClN4S2/c1-4-12-28(19-20-35-36(2,3)31-15-6-8-18-34(31)41(35)24-11-22-39-27-43)32(37)16-9-14-30-25-29-13-5-7-17-33(29)40(30)23-10-21-38-26-42/h5-9,13-20H,4,10-12,21-25H2,1-3H3/q+1. The highest BCUT2D eigenvalue weighted by Gasteiger charge is 2.43. The lowest BCUT2D eigenvalue weighted by Gasteiger charge is -2.21. The number of halogens is 1. The van der Waals surface area contributed by atoms with E-state index in [-0.39, 0.29) is 5.41 Å². The van der Waals surface area contributed by atoms with Gasteiger partial charge in [0.25, 0.3) is 0 Å². The van der Waals surface area contributed by atoms with E-state index in [1.165, 1.54) is 33.9 Å². The second kappa shape index (κ2) is 16.0. The Morgan fingerprint density at radius 2 is 1.74 bits per heavy atom. The Hall–Kier alpha value is -3.24. The van der Waals surface area contributed by atoms with E-state index in [4.69, 9.17) is 36.0 Å². The Morgan fingerprint density at radius 3 is 2.51 bits per heavy atom. The van der Waals surface area contributed by atoms with Crippen molar-refractivity contribution in [3.63, 3.8) is 0 Å². The predicted octanol–water partition coefficient (Wildman–Crippen LogP) is 9.40. The van der Waals surface area contributed by atoms with Crippen LogP contribution in [0.4, 0.5) is 11.4 Å². The van der Waals surface area contributed by atoms with Gasteiger partial charge in [-0.05, 0) is 80.5 Å². The average Bonchev–Trinajstić information content (AvgIpc) is 3.46. The van der Waals surface area contributed by atoms with Crippen LogP contribution in [-0.2, 0) is 11.8 Å². The van der Waals surface area contributed by atoms with E-state index >= 15 is 0 Å². The zero-order valence-electron chi connectivity index (χ0n) is 25.4. The van der Waals surface area contributed by atoms with E-state index in [1.54, 1.807) is 0 Å². The van der Waals surface area contributed by atoms with Crippen molar-refractivity contribution in [2.24, 2.45) is 9.98 Å². The van der Waals surface area contributed by atoms with Crippen molar-refractivity contribution >= 4 is 63.4 Å². The fraction of sp³-hybridized carbons (Fsp3) is 0.361. The third kappa shape index (κ3) is 8.03. The predicted molar refractivity (Wildman–Crippen MR) is 190 cm³/mol. The summed E-state index contributed by atoms with van der Waals surface area (Å²) in [5.41, 5.74) is 8.73. The summed E-state index contributed by atoms with van der Waals surface area (Å²) in [6.07, 6.45) is 15.4. The molecule has 0 amide bonds. The highest BCUT2D eigenvalue weighted by Crippen LogP contribution is 2.40. The van der Waals surface area contributed by atoms with Crippen LogP contribution in [0.2, 0.25) is 0 Å². The molecule has 0 spiro atoms. The van der Waals surface area contributed by atoms with Crippen molar-refractivity contribution in [1.82, 2.24) is 0 Å². The van der Waals surface area contributed by atoms with E-state index in [2.05, 4.69) is 123 Å². The Morgan fingerprint density at radius 1 is 1.02 bits per heavy atom. The maximum atomic E-state index is 6.97. The number of thiocarbonyl (C=S) groups is 2. The summed E-state index contributed by atoms with van der Waals surface area (Å²) in [4.78, 5) is 10.6. The molecule has 0 saturated heterocycles. The molecule has 2 aliphatic heterocycles. The lowest BCUT2D eigenvalue weighted by atomic mass is 9.81. The normalized spacial score (nSPS) is 16.8. The van der Waals surface area contributed by atoms with Gasteiger partial charge in [0.15, 0.2) is 12.3 Å². The van der Waals surface area contributed by atoms with E-state index < -0.39 is 0 Å². The monoisotopic (exact) mass is 627 g/mol. The largest absolute Gasteiger partial charge is 0.344 e. The molecule has 222 valence electrons. The second-order valence-electron chi connectivity index (χ2n) is 11.3. The molecule has 4 nitrogen and oxygen atoms in total. The summed E-state index contributed by atoms with van der Waals surface area (Å²) in [7, 11) is 0. The number of aliphatic imine (C=N–C) groups is 2. The zero-order chi connectivity index (χ0) is 30.7. The fourth-order valence-corrected chi connectivity index (χ4v) is 6.37. The average molecular weight is 628 g/mol. The number of rotatable bonds is 14. The first kappa shape index (κ1) is 32.7. The van der Waals surface area contributed by atoms with Gasteiger partial charge in [-0.25, -0.2) is 9.98 Å². The number of hydrogen-bond donors (Lipinski definition) is 0. The van der Waals surface area contributed by atoms with Crippen LogP contribution in [0.1, 0.15) is 57.6 Å². The van der Waals surface area contributed by atoms with Crippen molar-refractivity contribution < 1.29 is 4.58 Å². The highest BCUT2D eigenvalue weighted by molar-refractivity contribution is 7.78. The molecule has 0 radical (unpaired) electrons. The topological polar surface area (TPSA) is 31.0 Å². The van der Waals surface area contributed by atoms with Crippen LogP contribution in [0, 0.1) is 0 Å². The van der Waals surface area contributed by atoms with Gasteiger partial charge in [0.05, 0.1) is 28.8 Å². The summed E-state index contributed by atoms with van der Waals surface area (Å²) in [5, 5.41) is 5.72. The number of benzene rings is 2. The van der Waals surface area contributed by atoms with Gasteiger partial charge < -0.3 is 4.90 Å². The molecule has 4 rings (SSSR count). The molecule has 0 fully saturated rings. The fourth-order valence-electron chi connectivity index (χ4n) is 5.95. The molecule has 2 aromatic carbocycles. The molecule has 7 heteroatoms. The number of isothiocyanates is 2. The van der Waals surface area contributed by atoms with Crippen molar-refractivity contribution in [1.29, 1.82) is 0 Å². The summed E-state index contributed by atoms with van der Waals surface area (Å²) in [6, 6.07) is 17.3. The molecule has 0 bridgehead atoms. The Balaban J connectivity index is 1.60. The number of anilines is 1. The zero-order valence-corrected chi connectivity index (χ0v) is 27.7. The van der Waals surface area contributed by atoms with Crippen LogP contribution in [0.25, 0.3) is 0 Å². The molecule has 0 N–H and O–H groups in total. The molecule has 0 aliphatic carbocycles. The molecular weight excluding hydrogens is 588 g/mol. The number of fused-ring (bicyclic) bond motifs is 2. The van der Waals surface area contributed by atoms with Gasteiger partial charge in [-0.15, -0.1) is 0 Å². The van der Waals surface area contributed by atoms with Gasteiger partial charge >= 0.3 is 0 Å². The maximum Gasteiger partial charge on any atom is 0.209 e. The van der Waals surface area contributed by atoms with Crippen molar-refractivity contribution in [2.45, 2.75) is 58.3 Å². The Labute approximate surface area is 272 Å². The third-order valence-corrected chi connectivity index (χ3v) is 8.66. The first-order chi connectivity index (χ1) is 20.9. The van der Waals surface area contributed by atoms with E-state index in [1.807, 2.05) is 6.08 Å². The molecular formula is C36H40ClN4S2+. The van der Waals surface area contributed by atoms with Crippen LogP contribution < -0.4 is 4.90 Å². The number of para-hydroxylation sites is 2. The number of nitrogens with zero attached hydrogens (tertiary/aromatic N) is 4. The minimum atomic E-state index is -0.125. The first-order valence-corrected chi connectivity index (χ1v) is 16.2. The Bertz CT molecular complexity index is 1570. The van der Waals surface area contributed by atoms with Gasteiger partial charge in [0, 0.05) is 53.5 Å². The summed E-state index contributed by atoms with van der Waals surface area (Å²) in [5.74, 6) is 0. The smallest absolute Gasteiger partial charge is 0.209 e. The molecule has 0 atom stereocenters. The maximum absolute atomic E-state index is 6.97. The third-order valence-electron chi connectivity index (χ3n) is 8.03. The van der Waals surface area contributed by atoms with Crippen molar-refractivity contribution in [3.8, 4) is 0 Å². The molecule has 0 aromatic heterocycles. The molecule has 0 saturated carbocycles. The minimum absolute atomic E-state index is 0.125. The second-order valence-corrected chi connectivity index (χ2v) is 12.0. The van der Waals surface area contributed by atoms with Gasteiger partial charge in [0.2, 0.25) is 5.69 Å². The number of allylic oxidation sites excluding steroid dienone is 8. The van der Waals surface area contributed by atoms with E-state index in [9.17, 15) is 0 Å². The summed E-state index contributed by atoms with van der Waals surface area (Å²) < 4.78 is 2.42. The summed E-state index contributed by atoms with van der Waals surface area (Å²) in [6.45, 7) is 9.90. The van der Waals surface area contributed by atoms with Crippen LogP contribution in [0.5, 0.6) is 0 Å². The molecule has 2 heterocycles. The van der Waals surface area contributed by atoms with Crippen LogP contribution in [0.3, 0.4) is 0 Å². The molecule has 2 aliphatic rings. The van der Waals surface area contributed by atoms with Crippen LogP contribution in [-0.4, -0.2) is 46.8 Å². The molecule has 43 heavy (non-hydrogen) atoms. The van der Waals surface area contributed by atoms with Crippen molar-refractivity contribution in [3.05, 3.63) is 106 Å². The minimum Gasteiger partial charge on any atom is -0.344 e. The lowest BCUT2D eigenvalue weighted by molar-refractivity contribution is -0.437. The van der Waals surface area contributed by atoms with E-state index in [0.29, 0.717) is 13.1 Å². The van der Waals surface area contributed by atoms with Gasteiger partial charge in [0.1, 0.15) is 0 Å². The van der Waals surface area contributed by atoms with E-state index in [0.717, 1.165) is 55.8 Å². The van der Waals surface area contributed by atoms with Gasteiger partial charge in [-0.2, -0.15) is 4.58 Å². The SMILES string of the molecule is CCCC(/C=C/C1=[N+](CCCN=C=S)c2ccccc2C1(C)C)=C(Cl)\C=C\C=C1/Cc2ccccc2N1CCCN=C=S. The lowest BCUT2D eigenvalue weighted by Crippen LogP contribution is -2.28. The van der Waals surface area contributed by atoms with Gasteiger partial charge in [-0.3, -0.25) is 0 Å². The number of hydrogen-bond acceptors (Lipinski definition) is 5. The quantitative estimate of drug-likeness (QED) is 0.0687. The molecule has 0 unspecified atom stereocenters. The first-order valence-electron chi connectivity index (χ1n) is 15.0. The summed E-state index contributed by atoms with van der Waals surface area (Å²) >= 11 is 16.5. The van der Waals surface area contributed by atoms with Gasteiger partial charge in [-0.1, -0.05) is 73.5 Å².